The van der Waals surface area contributed by atoms with Crippen molar-refractivity contribution in [3.63, 3.8) is 0 Å². The van der Waals surface area contributed by atoms with Gasteiger partial charge in [-0.3, -0.25) is 10.1 Å². The number of nitro groups is 1. The van der Waals surface area contributed by atoms with Crippen LogP contribution >= 0.6 is 0 Å². The Kier molecular flexibility index (Phi) is 4.71. The molecular formula is C15H17N3O3. The predicted octanol–water partition coefficient (Wildman–Crippen LogP) is 3.39. The topological polar surface area (TPSA) is 77.3 Å². The molecule has 0 aliphatic heterocycles. The Balaban J connectivity index is 2.04. The second-order valence-corrected chi connectivity index (χ2v) is 4.79. The first-order chi connectivity index (χ1) is 10.1. The molecule has 1 aromatic heterocycles. The minimum absolute atomic E-state index is 0.0537. The van der Waals surface area contributed by atoms with Crippen molar-refractivity contribution in [3.8, 4) is 5.88 Å². The van der Waals surface area contributed by atoms with Gasteiger partial charge in [-0.05, 0) is 32.0 Å². The summed E-state index contributed by atoms with van der Waals surface area (Å²) in [4.78, 5) is 14.4. The van der Waals surface area contributed by atoms with Crippen LogP contribution in [0, 0.1) is 10.1 Å². The van der Waals surface area contributed by atoms with Crippen LogP contribution in [-0.4, -0.2) is 16.0 Å². The van der Waals surface area contributed by atoms with Crippen molar-refractivity contribution in [2.45, 2.75) is 26.5 Å². The van der Waals surface area contributed by atoms with Crippen LogP contribution in [0.5, 0.6) is 5.88 Å². The van der Waals surface area contributed by atoms with E-state index in [4.69, 9.17) is 4.74 Å². The molecule has 0 aliphatic rings. The van der Waals surface area contributed by atoms with Crippen molar-refractivity contribution in [3.05, 3.63) is 58.3 Å². The summed E-state index contributed by atoms with van der Waals surface area (Å²) in [5.41, 5.74) is 1.82. The largest absolute Gasteiger partial charge is 0.475 e. The third-order valence-corrected chi connectivity index (χ3v) is 2.76. The number of benzene rings is 1. The van der Waals surface area contributed by atoms with Crippen molar-refractivity contribution < 1.29 is 9.66 Å². The smallest absolute Gasteiger partial charge is 0.269 e. The number of nitro benzene ring substituents is 1. The van der Waals surface area contributed by atoms with E-state index in [1.165, 1.54) is 12.1 Å². The lowest BCUT2D eigenvalue weighted by Gasteiger charge is -2.13. The maximum absolute atomic E-state index is 10.6. The summed E-state index contributed by atoms with van der Waals surface area (Å²) in [7, 11) is 0. The van der Waals surface area contributed by atoms with Gasteiger partial charge in [0, 0.05) is 36.1 Å². The fourth-order valence-corrected chi connectivity index (χ4v) is 1.79. The molecule has 0 atom stereocenters. The van der Waals surface area contributed by atoms with E-state index >= 15 is 0 Å². The Morgan fingerprint density at radius 2 is 2.00 bits per heavy atom. The average molecular weight is 287 g/mol. The molecular weight excluding hydrogens is 270 g/mol. The molecule has 0 unspecified atom stereocenters. The van der Waals surface area contributed by atoms with Gasteiger partial charge in [0.2, 0.25) is 5.88 Å². The van der Waals surface area contributed by atoms with E-state index in [-0.39, 0.29) is 11.8 Å². The molecule has 1 N–H and O–H groups in total. The third kappa shape index (κ3) is 4.17. The van der Waals surface area contributed by atoms with Gasteiger partial charge in [-0.25, -0.2) is 4.98 Å². The normalized spacial score (nSPS) is 10.4. The van der Waals surface area contributed by atoms with E-state index in [0.717, 1.165) is 11.3 Å². The fourth-order valence-electron chi connectivity index (χ4n) is 1.79. The van der Waals surface area contributed by atoms with Gasteiger partial charge in [-0.1, -0.05) is 6.07 Å². The third-order valence-electron chi connectivity index (χ3n) is 2.76. The molecule has 2 aromatic rings. The number of pyridine rings is 1. The first-order valence-electron chi connectivity index (χ1n) is 6.65. The summed E-state index contributed by atoms with van der Waals surface area (Å²) in [6.45, 7) is 4.43. The van der Waals surface area contributed by atoms with Crippen LogP contribution in [0.4, 0.5) is 11.4 Å². The van der Waals surface area contributed by atoms with Crippen LogP contribution in [0.25, 0.3) is 0 Å². The first kappa shape index (κ1) is 14.8. The van der Waals surface area contributed by atoms with E-state index in [9.17, 15) is 10.1 Å². The molecule has 110 valence electrons. The lowest BCUT2D eigenvalue weighted by molar-refractivity contribution is -0.384. The van der Waals surface area contributed by atoms with E-state index in [2.05, 4.69) is 10.3 Å². The Morgan fingerprint density at radius 3 is 2.62 bits per heavy atom. The summed E-state index contributed by atoms with van der Waals surface area (Å²) in [6.07, 6.45) is 1.74. The summed E-state index contributed by atoms with van der Waals surface area (Å²) in [5.74, 6) is 0.599. The summed E-state index contributed by atoms with van der Waals surface area (Å²) in [5, 5.41) is 13.8. The second-order valence-electron chi connectivity index (χ2n) is 4.79. The number of rotatable bonds is 6. The van der Waals surface area contributed by atoms with Crippen LogP contribution in [0.3, 0.4) is 0 Å². The molecule has 0 saturated carbocycles. The molecule has 1 aromatic carbocycles. The van der Waals surface area contributed by atoms with E-state index in [0.29, 0.717) is 12.4 Å². The van der Waals surface area contributed by atoms with Gasteiger partial charge >= 0.3 is 0 Å². The lowest BCUT2D eigenvalue weighted by Crippen LogP contribution is -2.10. The monoisotopic (exact) mass is 287 g/mol. The molecule has 2 rings (SSSR count). The van der Waals surface area contributed by atoms with Crippen LogP contribution in [0.2, 0.25) is 0 Å². The van der Waals surface area contributed by atoms with Gasteiger partial charge in [0.15, 0.2) is 0 Å². The zero-order valence-electron chi connectivity index (χ0n) is 11.9. The molecule has 21 heavy (non-hydrogen) atoms. The molecule has 0 aliphatic carbocycles. The first-order valence-corrected chi connectivity index (χ1v) is 6.65. The van der Waals surface area contributed by atoms with Crippen molar-refractivity contribution >= 4 is 11.4 Å². The van der Waals surface area contributed by atoms with Gasteiger partial charge in [0.1, 0.15) is 0 Å². The minimum atomic E-state index is -0.417. The number of anilines is 1. The molecule has 0 saturated heterocycles. The van der Waals surface area contributed by atoms with E-state index in [1.807, 2.05) is 26.0 Å². The molecule has 0 fully saturated rings. The van der Waals surface area contributed by atoms with Crippen molar-refractivity contribution in [2.24, 2.45) is 0 Å². The molecule has 0 amide bonds. The highest BCUT2D eigenvalue weighted by atomic mass is 16.6. The molecule has 6 heteroatoms. The SMILES string of the molecule is CC(C)Oc1ncccc1CNc1ccc([N+](=O)[O-])cc1. The number of nitrogens with zero attached hydrogens (tertiary/aromatic N) is 2. The van der Waals surface area contributed by atoms with Crippen molar-refractivity contribution in [2.75, 3.05) is 5.32 Å². The van der Waals surface area contributed by atoms with E-state index in [1.54, 1.807) is 18.3 Å². The predicted molar refractivity (Wildman–Crippen MR) is 80.4 cm³/mol. The zero-order chi connectivity index (χ0) is 15.2. The van der Waals surface area contributed by atoms with Gasteiger partial charge < -0.3 is 10.1 Å². The Labute approximate surface area is 122 Å². The Bertz CT molecular complexity index is 612. The maximum atomic E-state index is 10.6. The molecule has 0 radical (unpaired) electrons. The number of non-ortho nitro benzene ring substituents is 1. The maximum Gasteiger partial charge on any atom is 0.269 e. The number of nitrogens with one attached hydrogen (secondary N) is 1. The van der Waals surface area contributed by atoms with Crippen LogP contribution in [-0.2, 0) is 6.54 Å². The van der Waals surface area contributed by atoms with Crippen molar-refractivity contribution in [1.29, 1.82) is 0 Å². The lowest BCUT2D eigenvalue weighted by atomic mass is 10.2. The Hall–Kier alpha value is -2.63. The number of aromatic nitrogens is 1. The van der Waals surface area contributed by atoms with Gasteiger partial charge in [-0.15, -0.1) is 0 Å². The molecule has 6 nitrogen and oxygen atoms in total. The van der Waals surface area contributed by atoms with Crippen LogP contribution in [0.1, 0.15) is 19.4 Å². The van der Waals surface area contributed by atoms with Gasteiger partial charge in [-0.2, -0.15) is 0 Å². The highest BCUT2D eigenvalue weighted by Crippen LogP contribution is 2.19. The highest BCUT2D eigenvalue weighted by Gasteiger charge is 2.07. The fraction of sp³-hybridized carbons (Fsp3) is 0.267. The molecule has 0 spiro atoms. The summed E-state index contributed by atoms with van der Waals surface area (Å²) < 4.78 is 5.64. The van der Waals surface area contributed by atoms with Gasteiger partial charge in [0.25, 0.3) is 5.69 Å². The standard InChI is InChI=1S/C15H17N3O3/c1-11(2)21-15-12(4-3-9-16-15)10-17-13-5-7-14(8-6-13)18(19)20/h3-9,11,17H,10H2,1-2H3. The van der Waals surface area contributed by atoms with Gasteiger partial charge in [0.05, 0.1) is 11.0 Å². The number of hydrogen-bond donors (Lipinski definition) is 1. The second kappa shape index (κ2) is 6.69. The van der Waals surface area contributed by atoms with Crippen LogP contribution < -0.4 is 10.1 Å². The Morgan fingerprint density at radius 1 is 1.29 bits per heavy atom. The molecule has 0 bridgehead atoms. The van der Waals surface area contributed by atoms with Crippen molar-refractivity contribution in [1.82, 2.24) is 4.98 Å². The zero-order valence-corrected chi connectivity index (χ0v) is 11.9. The number of ether oxygens (including phenoxy) is 1. The molecule has 1 heterocycles. The number of hydrogen-bond acceptors (Lipinski definition) is 5. The quantitative estimate of drug-likeness (QED) is 0.651. The summed E-state index contributed by atoms with van der Waals surface area (Å²) >= 11 is 0. The minimum Gasteiger partial charge on any atom is -0.475 e. The highest BCUT2D eigenvalue weighted by molar-refractivity contribution is 5.49. The van der Waals surface area contributed by atoms with Crippen LogP contribution in [0.15, 0.2) is 42.6 Å². The summed E-state index contributed by atoms with van der Waals surface area (Å²) in [6, 6.07) is 10.1. The average Bonchev–Trinajstić information content (AvgIpc) is 2.46. The van der Waals surface area contributed by atoms with E-state index < -0.39 is 4.92 Å².